The van der Waals surface area contributed by atoms with Gasteiger partial charge in [0.15, 0.2) is 8.32 Å². The molecule has 1 unspecified atom stereocenters. The van der Waals surface area contributed by atoms with Crippen LogP contribution < -0.4 is 0 Å². The van der Waals surface area contributed by atoms with Crippen molar-refractivity contribution in [1.29, 1.82) is 0 Å². The highest BCUT2D eigenvalue weighted by atomic mass is 28.4. The summed E-state index contributed by atoms with van der Waals surface area (Å²) in [6.07, 6.45) is 18.3. The van der Waals surface area contributed by atoms with Crippen molar-refractivity contribution < 1.29 is 9.53 Å². The number of fused-ring (bicyclic) bond motifs is 1. The lowest BCUT2D eigenvalue weighted by Crippen LogP contribution is -2.55. The standard InChI is InChI=1S/C35H66O2Si/c1-12-24-35(36)30(20-19-29(13-2)18-15-26-37-38(10,11)33(6,7)8)23-25-34(9)31(21-22-32(34)35)28(5)17-14-16-27(3)4/h12-13,27-32,36H,1-2,14-26H2,3-11H3/t28-,29?,30-,31-,32-,34-,35+/m1/s1. The molecule has 2 saturated carbocycles. The van der Waals surface area contributed by atoms with Crippen molar-refractivity contribution in [1.82, 2.24) is 0 Å². The van der Waals surface area contributed by atoms with E-state index in [4.69, 9.17) is 4.43 Å². The smallest absolute Gasteiger partial charge is 0.191 e. The van der Waals surface area contributed by atoms with E-state index in [-0.39, 0.29) is 10.5 Å². The zero-order chi connectivity index (χ0) is 28.8. The maximum Gasteiger partial charge on any atom is 0.191 e. The predicted molar refractivity (Wildman–Crippen MR) is 170 cm³/mol. The predicted octanol–water partition coefficient (Wildman–Crippen LogP) is 10.6. The van der Waals surface area contributed by atoms with E-state index < -0.39 is 13.9 Å². The Morgan fingerprint density at radius 3 is 2.26 bits per heavy atom. The molecule has 2 aliphatic carbocycles. The lowest BCUT2D eigenvalue weighted by atomic mass is 9.53. The minimum absolute atomic E-state index is 0.265. The van der Waals surface area contributed by atoms with E-state index in [0.717, 1.165) is 62.9 Å². The molecule has 2 aliphatic rings. The average molecular weight is 547 g/mol. The first-order chi connectivity index (χ1) is 17.6. The van der Waals surface area contributed by atoms with E-state index in [1.165, 1.54) is 38.5 Å². The summed E-state index contributed by atoms with van der Waals surface area (Å²) in [5.74, 6) is 3.60. The zero-order valence-corrected chi connectivity index (χ0v) is 28.1. The molecule has 3 heteroatoms. The van der Waals surface area contributed by atoms with Gasteiger partial charge in [0.25, 0.3) is 0 Å². The summed E-state index contributed by atoms with van der Waals surface area (Å²) in [4.78, 5) is 0. The van der Waals surface area contributed by atoms with Crippen LogP contribution in [-0.2, 0) is 4.43 Å². The normalized spacial score (nSPS) is 31.7. The summed E-state index contributed by atoms with van der Waals surface area (Å²) in [5.41, 5.74) is -0.331. The first-order valence-electron chi connectivity index (χ1n) is 16.2. The number of hydrogen-bond acceptors (Lipinski definition) is 2. The second-order valence-electron chi connectivity index (χ2n) is 15.6. The molecule has 0 aromatic heterocycles. The Hall–Kier alpha value is -0.383. The van der Waals surface area contributed by atoms with Crippen molar-refractivity contribution in [2.24, 2.45) is 40.9 Å². The highest BCUT2D eigenvalue weighted by Crippen LogP contribution is 2.63. The second-order valence-corrected chi connectivity index (χ2v) is 20.4. The summed E-state index contributed by atoms with van der Waals surface area (Å²) in [5, 5.41) is 12.6. The fraction of sp³-hybridized carbons (Fsp3) is 0.886. The highest BCUT2D eigenvalue weighted by molar-refractivity contribution is 6.74. The van der Waals surface area contributed by atoms with Gasteiger partial charge < -0.3 is 9.53 Å². The molecule has 222 valence electrons. The largest absolute Gasteiger partial charge is 0.417 e. The summed E-state index contributed by atoms with van der Waals surface area (Å²) >= 11 is 0. The molecule has 0 heterocycles. The van der Waals surface area contributed by atoms with Crippen molar-refractivity contribution in [3.8, 4) is 0 Å². The van der Waals surface area contributed by atoms with E-state index in [2.05, 4.69) is 80.8 Å². The molecule has 2 nitrogen and oxygen atoms in total. The third-order valence-electron chi connectivity index (χ3n) is 11.6. The van der Waals surface area contributed by atoms with E-state index in [0.29, 0.717) is 17.8 Å². The fourth-order valence-electron chi connectivity index (χ4n) is 8.07. The molecule has 0 bridgehead atoms. The van der Waals surface area contributed by atoms with E-state index in [1.54, 1.807) is 0 Å². The van der Waals surface area contributed by atoms with Crippen LogP contribution >= 0.6 is 0 Å². The first-order valence-corrected chi connectivity index (χ1v) is 19.1. The number of aliphatic hydroxyl groups is 1. The van der Waals surface area contributed by atoms with Gasteiger partial charge in [0.05, 0.1) is 5.60 Å². The molecule has 38 heavy (non-hydrogen) atoms. The third-order valence-corrected chi connectivity index (χ3v) is 16.1. The summed E-state index contributed by atoms with van der Waals surface area (Å²) in [6, 6.07) is 0. The van der Waals surface area contributed by atoms with Gasteiger partial charge in [-0.25, -0.2) is 0 Å². The summed E-state index contributed by atoms with van der Waals surface area (Å²) in [7, 11) is -1.68. The van der Waals surface area contributed by atoms with Crippen LogP contribution in [-0.4, -0.2) is 25.6 Å². The van der Waals surface area contributed by atoms with Crippen molar-refractivity contribution in [3.63, 3.8) is 0 Å². The second kappa shape index (κ2) is 14.0. The van der Waals surface area contributed by atoms with Gasteiger partial charge in [-0.15, -0.1) is 13.2 Å². The molecule has 1 N–H and O–H groups in total. The number of allylic oxidation sites excluding steroid dienone is 1. The SMILES string of the molecule is C=CC[C@]1(O)[C@H](CCC(C=C)CCCO[Si](C)(C)C(C)(C)C)CC[C@]2(C)[C@@H]([C@H](C)CCCC(C)C)CC[C@H]21. The Balaban J connectivity index is 1.98. The Bertz CT molecular complexity index is 737. The van der Waals surface area contributed by atoms with Crippen LogP contribution in [0.15, 0.2) is 25.3 Å². The van der Waals surface area contributed by atoms with Gasteiger partial charge in [-0.1, -0.05) is 79.9 Å². The van der Waals surface area contributed by atoms with Crippen molar-refractivity contribution >= 4 is 8.32 Å². The monoisotopic (exact) mass is 546 g/mol. The molecule has 0 aliphatic heterocycles. The van der Waals surface area contributed by atoms with Gasteiger partial charge in [0.1, 0.15) is 0 Å². The molecule has 0 amide bonds. The van der Waals surface area contributed by atoms with E-state index >= 15 is 0 Å². The Morgan fingerprint density at radius 2 is 1.68 bits per heavy atom. The molecule has 2 fully saturated rings. The van der Waals surface area contributed by atoms with Crippen LogP contribution in [0.5, 0.6) is 0 Å². The minimum atomic E-state index is -1.68. The van der Waals surface area contributed by atoms with Crippen LogP contribution in [0, 0.1) is 40.9 Å². The molecule has 0 aromatic rings. The third kappa shape index (κ3) is 8.09. The molecule has 0 spiro atoms. The van der Waals surface area contributed by atoms with E-state index in [9.17, 15) is 5.11 Å². The Kier molecular flexibility index (Phi) is 12.5. The van der Waals surface area contributed by atoms with Crippen LogP contribution in [0.2, 0.25) is 18.1 Å². The van der Waals surface area contributed by atoms with E-state index in [1.807, 2.05) is 6.08 Å². The molecular formula is C35H66O2Si. The summed E-state index contributed by atoms with van der Waals surface area (Å²) < 4.78 is 6.43. The topological polar surface area (TPSA) is 29.5 Å². The fourth-order valence-corrected chi connectivity index (χ4v) is 9.15. The number of hydrogen-bond donors (Lipinski definition) is 1. The Labute approximate surface area is 239 Å². The number of rotatable bonds is 16. The van der Waals surface area contributed by atoms with Gasteiger partial charge in [0.2, 0.25) is 0 Å². The highest BCUT2D eigenvalue weighted by Gasteiger charge is 2.60. The van der Waals surface area contributed by atoms with Crippen LogP contribution in [0.25, 0.3) is 0 Å². The van der Waals surface area contributed by atoms with Gasteiger partial charge in [0, 0.05) is 6.61 Å². The maximum absolute atomic E-state index is 12.4. The van der Waals surface area contributed by atoms with Crippen molar-refractivity contribution in [2.75, 3.05) is 6.61 Å². The van der Waals surface area contributed by atoms with Crippen molar-refractivity contribution in [2.45, 2.75) is 149 Å². The molecule has 0 radical (unpaired) electrons. The minimum Gasteiger partial charge on any atom is -0.417 e. The van der Waals surface area contributed by atoms with Crippen molar-refractivity contribution in [3.05, 3.63) is 25.3 Å². The maximum atomic E-state index is 12.4. The molecule has 0 saturated heterocycles. The van der Waals surface area contributed by atoms with Gasteiger partial charge in [-0.2, -0.15) is 0 Å². The van der Waals surface area contributed by atoms with Gasteiger partial charge in [-0.05, 0) is 117 Å². The van der Waals surface area contributed by atoms with Crippen LogP contribution in [0.1, 0.15) is 126 Å². The molecule has 7 atom stereocenters. The summed E-state index contributed by atoms with van der Waals surface area (Å²) in [6.45, 7) is 30.5. The molecule has 2 rings (SSSR count). The molecular weight excluding hydrogens is 480 g/mol. The quantitative estimate of drug-likeness (QED) is 0.118. The Morgan fingerprint density at radius 1 is 1.00 bits per heavy atom. The zero-order valence-electron chi connectivity index (χ0n) is 27.1. The van der Waals surface area contributed by atoms with Crippen LogP contribution in [0.4, 0.5) is 0 Å². The van der Waals surface area contributed by atoms with Gasteiger partial charge >= 0.3 is 0 Å². The lowest BCUT2D eigenvalue weighted by Gasteiger charge is -2.55. The lowest BCUT2D eigenvalue weighted by molar-refractivity contribution is -0.148. The first kappa shape index (κ1) is 33.8. The molecule has 0 aromatic carbocycles. The average Bonchev–Trinajstić information content (AvgIpc) is 3.17. The van der Waals surface area contributed by atoms with Crippen LogP contribution in [0.3, 0.4) is 0 Å². The van der Waals surface area contributed by atoms with Gasteiger partial charge in [-0.3, -0.25) is 0 Å².